The minimum absolute atomic E-state index is 0.0315. The number of anilines is 1. The van der Waals surface area contributed by atoms with Gasteiger partial charge in [0.05, 0.1) is 22.7 Å². The lowest BCUT2D eigenvalue weighted by molar-refractivity contribution is 0.122. The zero-order valence-corrected chi connectivity index (χ0v) is 27.3. The summed E-state index contributed by atoms with van der Waals surface area (Å²) in [5.74, 6) is 0.435. The van der Waals surface area contributed by atoms with Crippen molar-refractivity contribution >= 4 is 33.6 Å². The van der Waals surface area contributed by atoms with Crippen LogP contribution < -0.4 is 20.3 Å². The van der Waals surface area contributed by atoms with Gasteiger partial charge in [-0.25, -0.2) is 17.9 Å². The average Bonchev–Trinajstić information content (AvgIpc) is 3.65. The number of sulfonamides is 1. The Kier molecular flexibility index (Phi) is 11.1. The molecule has 2 fully saturated rings. The second-order valence-electron chi connectivity index (χ2n) is 12.7. The molecule has 5 rings (SSSR count). The van der Waals surface area contributed by atoms with Gasteiger partial charge in [0, 0.05) is 30.1 Å². The number of fused-ring (bicyclic) bond motifs is 1. The van der Waals surface area contributed by atoms with Gasteiger partial charge in [-0.3, -0.25) is 5.32 Å². The third-order valence-electron chi connectivity index (χ3n) is 8.94. The number of hydrogen-bond donors (Lipinski definition) is 5. The van der Waals surface area contributed by atoms with Crippen LogP contribution in [-0.4, -0.2) is 85.5 Å². The van der Waals surface area contributed by atoms with Crippen molar-refractivity contribution in [2.24, 2.45) is 5.92 Å². The number of nitrogens with zero attached hydrogens (tertiary/aromatic N) is 2. The highest BCUT2D eigenvalue weighted by molar-refractivity contribution is 8.00. The minimum Gasteiger partial charge on any atom is -0.465 e. The first-order chi connectivity index (χ1) is 21.1. The molecule has 5 N–H and O–H groups in total. The summed E-state index contributed by atoms with van der Waals surface area (Å²) in [6.07, 6.45) is 5.30. The first-order valence-corrected chi connectivity index (χ1v) is 18.2. The molecule has 1 aliphatic carbocycles. The van der Waals surface area contributed by atoms with E-state index in [0.29, 0.717) is 12.0 Å². The Balaban J connectivity index is 1.22. The van der Waals surface area contributed by atoms with Crippen molar-refractivity contribution in [2.45, 2.75) is 98.3 Å². The number of carboxylic acid groups (broad SMARTS) is 1. The zero-order chi connectivity index (χ0) is 31.3. The molecule has 2 heterocycles. The lowest BCUT2D eigenvalue weighted by atomic mass is 10.0. The van der Waals surface area contributed by atoms with Crippen LogP contribution in [-0.2, 0) is 16.4 Å². The van der Waals surface area contributed by atoms with Crippen LogP contribution in [0.1, 0.15) is 57.9 Å². The number of rotatable bonds is 13. The van der Waals surface area contributed by atoms with Gasteiger partial charge in [0.25, 0.3) is 0 Å². The average molecular weight is 646 g/mol. The topological polar surface area (TPSA) is 134 Å². The predicted molar refractivity (Wildman–Crippen MR) is 175 cm³/mol. The maximum atomic E-state index is 13.3. The van der Waals surface area contributed by atoms with E-state index in [1.165, 1.54) is 25.7 Å². The predicted octanol–water partition coefficient (Wildman–Crippen LogP) is 4.05. The Hall–Kier alpha value is -2.35. The lowest BCUT2D eigenvalue weighted by Crippen LogP contribution is -2.52. The Labute approximate surface area is 266 Å². The van der Waals surface area contributed by atoms with Gasteiger partial charge in [0.2, 0.25) is 10.0 Å². The van der Waals surface area contributed by atoms with E-state index in [2.05, 4.69) is 39.0 Å². The van der Waals surface area contributed by atoms with E-state index in [-0.39, 0.29) is 23.4 Å². The molecule has 1 saturated carbocycles. The molecule has 1 saturated heterocycles. The third-order valence-corrected chi connectivity index (χ3v) is 11.6. The van der Waals surface area contributed by atoms with Crippen LogP contribution in [0, 0.1) is 5.92 Å². The molecule has 1 unspecified atom stereocenters. The number of aliphatic hydroxyl groups excluding tert-OH is 1. The zero-order valence-electron chi connectivity index (χ0n) is 25.7. The fraction of sp³-hybridized carbons (Fsp3) is 0.594. The summed E-state index contributed by atoms with van der Waals surface area (Å²) in [5.41, 5.74) is 1.89. The van der Waals surface area contributed by atoms with Crippen LogP contribution in [0.15, 0.2) is 58.3 Å². The summed E-state index contributed by atoms with van der Waals surface area (Å²) in [6, 6.07) is 14.7. The smallest absolute Gasteiger partial charge is 0.404 e. The van der Waals surface area contributed by atoms with E-state index >= 15 is 0 Å². The Bertz CT molecular complexity index is 1350. The molecule has 3 atom stereocenters. The second kappa shape index (κ2) is 14.8. The SMILES string of the molecule is CC(C)CN1c2ccc(S(=O)(=O)NC[C@H](O)[C@H](Cc3ccccc3)NC(=O)O)cc2SC1NC1CCN(C2CCCC2)CC1. The molecule has 1 amide bonds. The number of benzene rings is 2. The van der Waals surface area contributed by atoms with Crippen LogP contribution in [0.2, 0.25) is 0 Å². The van der Waals surface area contributed by atoms with E-state index in [0.717, 1.165) is 54.7 Å². The molecule has 242 valence electrons. The molecule has 0 spiro atoms. The number of hydrogen-bond acceptors (Lipinski definition) is 8. The largest absolute Gasteiger partial charge is 0.465 e. The molecule has 0 bridgehead atoms. The van der Waals surface area contributed by atoms with Crippen molar-refractivity contribution in [3.63, 3.8) is 0 Å². The van der Waals surface area contributed by atoms with E-state index < -0.39 is 28.3 Å². The molecule has 0 radical (unpaired) electrons. The van der Waals surface area contributed by atoms with Gasteiger partial charge in [-0.1, -0.05) is 68.8 Å². The fourth-order valence-electron chi connectivity index (χ4n) is 6.65. The number of thioether (sulfide) groups is 1. The van der Waals surface area contributed by atoms with Gasteiger partial charge in [-0.15, -0.1) is 0 Å². The molecule has 44 heavy (non-hydrogen) atoms. The van der Waals surface area contributed by atoms with Gasteiger partial charge in [-0.05, 0) is 74.9 Å². The maximum Gasteiger partial charge on any atom is 0.404 e. The molecule has 2 aliphatic heterocycles. The molecular weight excluding hydrogens is 599 g/mol. The highest BCUT2D eigenvalue weighted by atomic mass is 32.2. The first kappa shape index (κ1) is 33.0. The third kappa shape index (κ3) is 8.46. The van der Waals surface area contributed by atoms with Crippen molar-refractivity contribution in [3.8, 4) is 0 Å². The Morgan fingerprint density at radius 2 is 1.75 bits per heavy atom. The van der Waals surface area contributed by atoms with E-state index in [4.69, 9.17) is 0 Å². The van der Waals surface area contributed by atoms with Gasteiger partial charge in [0.15, 0.2) is 0 Å². The minimum atomic E-state index is -3.95. The number of carbonyl (C=O) groups is 1. The highest BCUT2D eigenvalue weighted by Gasteiger charge is 2.35. The number of amides is 1. The van der Waals surface area contributed by atoms with Crippen molar-refractivity contribution in [3.05, 3.63) is 54.1 Å². The van der Waals surface area contributed by atoms with Crippen molar-refractivity contribution < 1.29 is 23.4 Å². The molecule has 0 aromatic heterocycles. The standard InChI is InChI=1S/C32H47N5O5S2/c1-22(2)21-37-28-13-12-26(19-30(28)43-31(37)34-24-14-16-36(17-15-24)25-10-6-7-11-25)44(41,42)33-20-29(38)27(35-32(39)40)18-23-8-4-3-5-9-23/h3-5,8-9,12-13,19,22,24-25,27,29,31,33-35,38H,6-7,10-11,14-18,20-21H2,1-2H3,(H,39,40)/t27-,29-,31?/m0/s1. The summed E-state index contributed by atoms with van der Waals surface area (Å²) in [5, 5.41) is 26.3. The van der Waals surface area contributed by atoms with Crippen LogP contribution in [0.25, 0.3) is 0 Å². The quantitative estimate of drug-likeness (QED) is 0.219. The summed E-state index contributed by atoms with van der Waals surface area (Å²) < 4.78 is 29.2. The fourth-order valence-corrected chi connectivity index (χ4v) is 9.13. The number of nitrogens with one attached hydrogen (secondary N) is 3. The summed E-state index contributed by atoms with van der Waals surface area (Å²) in [4.78, 5) is 17.4. The summed E-state index contributed by atoms with van der Waals surface area (Å²) >= 11 is 1.66. The monoisotopic (exact) mass is 645 g/mol. The second-order valence-corrected chi connectivity index (χ2v) is 15.6. The Morgan fingerprint density at radius 1 is 1.05 bits per heavy atom. The molecule has 10 nitrogen and oxygen atoms in total. The Morgan fingerprint density at radius 3 is 2.41 bits per heavy atom. The normalized spacial score (nSPS) is 21.5. The van der Waals surface area contributed by atoms with Crippen LogP contribution in [0.5, 0.6) is 0 Å². The van der Waals surface area contributed by atoms with Crippen LogP contribution in [0.3, 0.4) is 0 Å². The lowest BCUT2D eigenvalue weighted by Gasteiger charge is -2.38. The number of piperidine rings is 1. The highest BCUT2D eigenvalue weighted by Crippen LogP contribution is 2.44. The van der Waals surface area contributed by atoms with Crippen molar-refractivity contribution in [2.75, 3.05) is 31.1 Å². The molecule has 2 aromatic carbocycles. The van der Waals surface area contributed by atoms with Crippen molar-refractivity contribution in [1.29, 1.82) is 0 Å². The molecule has 12 heteroatoms. The van der Waals surface area contributed by atoms with Crippen molar-refractivity contribution in [1.82, 2.24) is 20.3 Å². The van der Waals surface area contributed by atoms with Crippen LogP contribution >= 0.6 is 11.8 Å². The van der Waals surface area contributed by atoms with Crippen LogP contribution in [0.4, 0.5) is 10.5 Å². The molecular formula is C32H47N5O5S2. The first-order valence-electron chi connectivity index (χ1n) is 15.9. The summed E-state index contributed by atoms with van der Waals surface area (Å²) in [6.45, 7) is 7.17. The van der Waals surface area contributed by atoms with E-state index in [9.17, 15) is 23.4 Å². The summed E-state index contributed by atoms with van der Waals surface area (Å²) in [7, 11) is -3.95. The van der Waals surface area contributed by atoms with Gasteiger partial charge in [-0.2, -0.15) is 0 Å². The van der Waals surface area contributed by atoms with E-state index in [1.54, 1.807) is 23.9 Å². The number of aliphatic hydroxyl groups is 1. The van der Waals surface area contributed by atoms with Gasteiger partial charge >= 0.3 is 6.09 Å². The molecule has 3 aliphatic rings. The molecule has 2 aromatic rings. The maximum absolute atomic E-state index is 13.3. The van der Waals surface area contributed by atoms with E-state index in [1.807, 2.05) is 36.4 Å². The van der Waals surface area contributed by atoms with Gasteiger partial charge < -0.3 is 25.3 Å². The van der Waals surface area contributed by atoms with Gasteiger partial charge in [0.1, 0.15) is 5.50 Å². The number of likely N-dealkylation sites (tertiary alicyclic amines) is 1.